The van der Waals surface area contributed by atoms with E-state index < -0.39 is 10.0 Å². The second-order valence-electron chi connectivity index (χ2n) is 6.30. The molecule has 2 rings (SSSR count). The van der Waals surface area contributed by atoms with Gasteiger partial charge in [0.2, 0.25) is 15.9 Å². The number of hydrogen-bond donors (Lipinski definition) is 2. The van der Waals surface area contributed by atoms with E-state index in [1.807, 2.05) is 31.2 Å². The fraction of sp³-hybridized carbons (Fsp3) is 0.350. The van der Waals surface area contributed by atoms with Gasteiger partial charge in [-0.25, -0.2) is 13.1 Å². The third-order valence-corrected chi connectivity index (χ3v) is 5.43. The summed E-state index contributed by atoms with van der Waals surface area (Å²) >= 11 is 0. The number of sulfonamides is 1. The highest BCUT2D eigenvalue weighted by molar-refractivity contribution is 7.89. The highest BCUT2D eigenvalue weighted by Gasteiger charge is 2.17. The van der Waals surface area contributed by atoms with Gasteiger partial charge in [-0.15, -0.1) is 0 Å². The van der Waals surface area contributed by atoms with Crippen LogP contribution in [0.15, 0.2) is 53.4 Å². The summed E-state index contributed by atoms with van der Waals surface area (Å²) in [7, 11) is -2.13. The summed E-state index contributed by atoms with van der Waals surface area (Å²) in [6.45, 7) is 4.50. The van der Waals surface area contributed by atoms with Crippen LogP contribution in [0.5, 0.6) is 5.75 Å². The first-order valence-corrected chi connectivity index (χ1v) is 10.4. The lowest BCUT2D eigenvalue weighted by Gasteiger charge is -2.13. The van der Waals surface area contributed by atoms with Crippen molar-refractivity contribution in [1.29, 1.82) is 0 Å². The van der Waals surface area contributed by atoms with E-state index in [1.54, 1.807) is 19.1 Å². The molecule has 2 aromatic rings. The van der Waals surface area contributed by atoms with Crippen molar-refractivity contribution in [3.05, 3.63) is 54.1 Å². The molecule has 1 unspecified atom stereocenters. The summed E-state index contributed by atoms with van der Waals surface area (Å²) in [6.07, 6.45) is 0.211. The van der Waals surface area contributed by atoms with Crippen LogP contribution in [0.1, 0.15) is 19.4 Å². The molecule has 28 heavy (non-hydrogen) atoms. The van der Waals surface area contributed by atoms with Gasteiger partial charge in [-0.2, -0.15) is 0 Å². The Morgan fingerprint density at radius 3 is 2.29 bits per heavy atom. The lowest BCUT2D eigenvalue weighted by atomic mass is 10.1. The maximum Gasteiger partial charge on any atom is 0.240 e. The molecule has 0 radical (unpaired) electrons. The summed E-state index contributed by atoms with van der Waals surface area (Å²) in [5, 5.41) is 2.76. The predicted octanol–water partition coefficient (Wildman–Crippen LogP) is 2.58. The van der Waals surface area contributed by atoms with E-state index >= 15 is 0 Å². The van der Waals surface area contributed by atoms with E-state index in [9.17, 15) is 13.2 Å². The van der Waals surface area contributed by atoms with Crippen LogP contribution in [0.2, 0.25) is 0 Å². The predicted molar refractivity (Wildman–Crippen MR) is 108 cm³/mol. The summed E-state index contributed by atoms with van der Waals surface area (Å²) in [5.41, 5.74) is 1.39. The molecule has 8 heteroatoms. The number of rotatable bonds is 10. The van der Waals surface area contributed by atoms with E-state index in [0.717, 1.165) is 11.3 Å². The van der Waals surface area contributed by atoms with Crippen molar-refractivity contribution in [2.24, 2.45) is 0 Å². The van der Waals surface area contributed by atoms with Crippen molar-refractivity contribution >= 4 is 21.6 Å². The average molecular weight is 407 g/mol. The third-order valence-electron chi connectivity index (χ3n) is 3.82. The smallest absolute Gasteiger partial charge is 0.240 e. The molecule has 2 N–H and O–H groups in total. The molecule has 0 aliphatic carbocycles. The van der Waals surface area contributed by atoms with Gasteiger partial charge in [0.25, 0.3) is 0 Å². The second kappa shape index (κ2) is 10.2. The van der Waals surface area contributed by atoms with E-state index in [1.165, 1.54) is 19.2 Å². The molecule has 0 heterocycles. The Morgan fingerprint density at radius 2 is 1.71 bits per heavy atom. The van der Waals surface area contributed by atoms with Crippen LogP contribution >= 0.6 is 0 Å². The van der Waals surface area contributed by atoms with Gasteiger partial charge in [0.05, 0.1) is 24.5 Å². The number of hydrogen-bond acceptors (Lipinski definition) is 5. The van der Waals surface area contributed by atoms with Crippen molar-refractivity contribution in [1.82, 2.24) is 4.72 Å². The van der Waals surface area contributed by atoms with Gasteiger partial charge in [0.15, 0.2) is 0 Å². The molecule has 2 aromatic carbocycles. The molecule has 0 aromatic heterocycles. The first kappa shape index (κ1) is 21.9. The fourth-order valence-corrected chi connectivity index (χ4v) is 3.82. The highest BCUT2D eigenvalue weighted by Crippen LogP contribution is 2.16. The Morgan fingerprint density at radius 1 is 1.07 bits per heavy atom. The van der Waals surface area contributed by atoms with Crippen LogP contribution < -0.4 is 14.8 Å². The van der Waals surface area contributed by atoms with Crippen molar-refractivity contribution in [3.8, 4) is 5.75 Å². The minimum absolute atomic E-state index is 0.125. The van der Waals surface area contributed by atoms with E-state index in [2.05, 4.69) is 10.0 Å². The lowest BCUT2D eigenvalue weighted by molar-refractivity contribution is -0.115. The molecule has 1 atom stereocenters. The topological polar surface area (TPSA) is 93.7 Å². The normalized spacial score (nSPS) is 12.4. The van der Waals surface area contributed by atoms with Gasteiger partial charge in [-0.05, 0) is 55.8 Å². The molecule has 152 valence electrons. The maximum atomic E-state index is 12.3. The monoisotopic (exact) mass is 406 g/mol. The number of carbonyl (C=O) groups is 1. The number of methoxy groups -OCH3 is 1. The zero-order valence-electron chi connectivity index (χ0n) is 16.3. The van der Waals surface area contributed by atoms with Crippen LogP contribution in [0.4, 0.5) is 5.69 Å². The summed E-state index contributed by atoms with van der Waals surface area (Å²) in [6, 6.07) is 13.0. The molecule has 0 bridgehead atoms. The zero-order valence-corrected chi connectivity index (χ0v) is 17.1. The van der Waals surface area contributed by atoms with E-state index in [0.29, 0.717) is 12.3 Å². The molecular formula is C20H26N2O5S. The SMILES string of the molecule is CCOc1ccc(CC(=O)Nc2ccc(S(=O)(=O)NC(C)COC)cc2)cc1. The largest absolute Gasteiger partial charge is 0.494 e. The van der Waals surface area contributed by atoms with Gasteiger partial charge in [0.1, 0.15) is 5.75 Å². The van der Waals surface area contributed by atoms with Crippen LogP contribution in [0, 0.1) is 0 Å². The number of carbonyl (C=O) groups excluding carboxylic acids is 1. The van der Waals surface area contributed by atoms with Gasteiger partial charge < -0.3 is 14.8 Å². The quantitative estimate of drug-likeness (QED) is 0.633. The zero-order chi connectivity index (χ0) is 20.6. The third kappa shape index (κ3) is 6.63. The minimum atomic E-state index is -3.64. The standard InChI is InChI=1S/C20H26N2O5S/c1-4-27-18-9-5-16(6-10-18)13-20(23)21-17-7-11-19(12-8-17)28(24,25)22-15(2)14-26-3/h5-12,15,22H,4,13-14H2,1-3H3,(H,21,23). The van der Waals surface area contributed by atoms with E-state index in [4.69, 9.17) is 9.47 Å². The van der Waals surface area contributed by atoms with Crippen molar-refractivity contribution in [2.75, 3.05) is 25.6 Å². The van der Waals surface area contributed by atoms with Gasteiger partial charge in [-0.1, -0.05) is 12.1 Å². The Balaban J connectivity index is 1.95. The molecule has 7 nitrogen and oxygen atoms in total. The van der Waals surface area contributed by atoms with Crippen LogP contribution in [-0.2, 0) is 26.0 Å². The average Bonchev–Trinajstić information content (AvgIpc) is 2.64. The first-order chi connectivity index (χ1) is 13.3. The molecule has 0 aliphatic heterocycles. The van der Waals surface area contributed by atoms with Gasteiger partial charge in [0, 0.05) is 18.8 Å². The Bertz CT molecular complexity index is 864. The first-order valence-electron chi connectivity index (χ1n) is 8.97. The summed E-state index contributed by atoms with van der Waals surface area (Å²) in [4.78, 5) is 12.3. The molecule has 1 amide bonds. The fourth-order valence-electron chi connectivity index (χ4n) is 2.60. The minimum Gasteiger partial charge on any atom is -0.494 e. The number of anilines is 1. The molecule has 0 fully saturated rings. The molecule has 0 saturated carbocycles. The Labute approximate surface area is 166 Å². The molecule has 0 spiro atoms. The Kier molecular flexibility index (Phi) is 7.98. The van der Waals surface area contributed by atoms with Crippen LogP contribution in [-0.4, -0.2) is 40.7 Å². The van der Waals surface area contributed by atoms with Gasteiger partial charge in [-0.3, -0.25) is 4.79 Å². The molecular weight excluding hydrogens is 380 g/mol. The number of benzene rings is 2. The van der Waals surface area contributed by atoms with Gasteiger partial charge >= 0.3 is 0 Å². The lowest BCUT2D eigenvalue weighted by Crippen LogP contribution is -2.35. The summed E-state index contributed by atoms with van der Waals surface area (Å²) in [5.74, 6) is 0.573. The highest BCUT2D eigenvalue weighted by atomic mass is 32.2. The maximum absolute atomic E-state index is 12.3. The second-order valence-corrected chi connectivity index (χ2v) is 8.02. The van der Waals surface area contributed by atoms with Crippen LogP contribution in [0.25, 0.3) is 0 Å². The van der Waals surface area contributed by atoms with Crippen molar-refractivity contribution in [3.63, 3.8) is 0 Å². The number of amides is 1. The van der Waals surface area contributed by atoms with Crippen molar-refractivity contribution < 1.29 is 22.7 Å². The molecule has 0 aliphatic rings. The van der Waals surface area contributed by atoms with Crippen molar-refractivity contribution in [2.45, 2.75) is 31.2 Å². The molecule has 0 saturated heterocycles. The number of ether oxygens (including phenoxy) is 2. The van der Waals surface area contributed by atoms with E-state index in [-0.39, 0.29) is 29.9 Å². The summed E-state index contributed by atoms with van der Waals surface area (Å²) < 4.78 is 37.4. The number of nitrogens with one attached hydrogen (secondary N) is 2. The Hall–Kier alpha value is -2.42. The van der Waals surface area contributed by atoms with Crippen LogP contribution in [0.3, 0.4) is 0 Å².